The Balaban J connectivity index is 1.28. The maximum Gasteiger partial charge on any atom is 0.222 e. The molecule has 3 heterocycles. The van der Waals surface area contributed by atoms with E-state index < -0.39 is 0 Å². The number of amides is 1. The molecule has 0 saturated carbocycles. The van der Waals surface area contributed by atoms with Crippen molar-refractivity contribution in [2.75, 3.05) is 39.7 Å². The van der Waals surface area contributed by atoms with Crippen molar-refractivity contribution in [3.8, 4) is 22.9 Å². The van der Waals surface area contributed by atoms with Crippen LogP contribution in [0.5, 0.6) is 17.2 Å². The highest BCUT2D eigenvalue weighted by Gasteiger charge is 2.42. The molecule has 190 valence electrons. The molecule has 0 atom stereocenters. The summed E-state index contributed by atoms with van der Waals surface area (Å²) in [5, 5.41) is 3.88. The quantitative estimate of drug-likeness (QED) is 0.528. The van der Waals surface area contributed by atoms with E-state index in [1.807, 2.05) is 17.0 Å². The van der Waals surface area contributed by atoms with Gasteiger partial charge in [-0.2, -0.15) is 0 Å². The molecule has 1 fully saturated rings. The van der Waals surface area contributed by atoms with E-state index in [1.165, 1.54) is 28.2 Å². The number of aromatic nitrogens is 1. The van der Waals surface area contributed by atoms with Gasteiger partial charge in [0.15, 0.2) is 11.5 Å². The molecule has 1 aromatic heterocycles. The van der Waals surface area contributed by atoms with Crippen LogP contribution in [-0.2, 0) is 16.8 Å². The van der Waals surface area contributed by atoms with Crippen molar-refractivity contribution in [1.82, 2.24) is 9.47 Å². The number of rotatable bonds is 6. The molecule has 5 rings (SSSR count). The van der Waals surface area contributed by atoms with Gasteiger partial charge in [-0.3, -0.25) is 4.79 Å². The predicted octanol–water partition coefficient (Wildman–Crippen LogP) is 5.00. The van der Waals surface area contributed by atoms with E-state index in [-0.39, 0.29) is 11.4 Å². The van der Waals surface area contributed by atoms with Crippen molar-refractivity contribution in [3.63, 3.8) is 0 Å². The summed E-state index contributed by atoms with van der Waals surface area (Å²) < 4.78 is 18.7. The molecule has 1 spiro atoms. The smallest absolute Gasteiger partial charge is 0.222 e. The van der Waals surface area contributed by atoms with Crippen LogP contribution < -0.4 is 19.5 Å². The van der Waals surface area contributed by atoms with Gasteiger partial charge < -0.3 is 29.0 Å². The summed E-state index contributed by atoms with van der Waals surface area (Å²) in [6.07, 6.45) is 4.97. The predicted molar refractivity (Wildman–Crippen MR) is 141 cm³/mol. The van der Waals surface area contributed by atoms with E-state index in [4.69, 9.17) is 14.2 Å². The standard InChI is InChI=1S/C29H35N3O4/c1-19-8-10-22-27(20(19)2)32-14-6-7-25(32)29(30-22)12-15-31(16-13-29)26(33)11-9-21-17-23(34-3)28(36-5)24(18-21)35-4/h6-8,10,14,17-18,30H,9,11-13,15-16H2,1-5H3. The number of carbonyl (C=O) groups is 1. The van der Waals surface area contributed by atoms with Crippen LogP contribution in [0.3, 0.4) is 0 Å². The Kier molecular flexibility index (Phi) is 6.33. The number of methoxy groups -OCH3 is 3. The molecule has 0 aliphatic carbocycles. The van der Waals surface area contributed by atoms with Crippen LogP contribution in [0.25, 0.3) is 5.69 Å². The van der Waals surface area contributed by atoms with Gasteiger partial charge in [-0.05, 0) is 80.1 Å². The van der Waals surface area contributed by atoms with Crippen LogP contribution in [0.4, 0.5) is 5.69 Å². The SMILES string of the molecule is COc1cc(CCC(=O)N2CCC3(CC2)Nc2ccc(C)c(C)c2-n2cccc23)cc(OC)c1OC. The van der Waals surface area contributed by atoms with E-state index in [2.05, 4.69) is 54.2 Å². The molecule has 0 unspecified atom stereocenters. The second-order valence-electron chi connectivity index (χ2n) is 9.79. The second-order valence-corrected chi connectivity index (χ2v) is 9.79. The lowest BCUT2D eigenvalue weighted by Gasteiger charge is -2.46. The summed E-state index contributed by atoms with van der Waals surface area (Å²) in [5.41, 5.74) is 7.11. The minimum absolute atomic E-state index is 0.161. The summed E-state index contributed by atoms with van der Waals surface area (Å²) in [4.78, 5) is 15.2. The van der Waals surface area contributed by atoms with Crippen molar-refractivity contribution < 1.29 is 19.0 Å². The summed E-state index contributed by atoms with van der Waals surface area (Å²) in [5.74, 6) is 1.96. The maximum absolute atomic E-state index is 13.2. The highest BCUT2D eigenvalue weighted by atomic mass is 16.5. The minimum atomic E-state index is -0.161. The van der Waals surface area contributed by atoms with Crippen LogP contribution in [0, 0.1) is 13.8 Å². The third-order valence-electron chi connectivity index (χ3n) is 7.88. The first-order valence-electron chi connectivity index (χ1n) is 12.5. The molecule has 1 amide bonds. The Morgan fingerprint density at radius 1 is 1.00 bits per heavy atom. The van der Waals surface area contributed by atoms with Gasteiger partial charge in [0, 0.05) is 31.4 Å². The molecule has 2 aromatic carbocycles. The molecule has 36 heavy (non-hydrogen) atoms. The Morgan fingerprint density at radius 2 is 1.69 bits per heavy atom. The van der Waals surface area contributed by atoms with Gasteiger partial charge in [-0.1, -0.05) is 6.07 Å². The largest absolute Gasteiger partial charge is 0.493 e. The van der Waals surface area contributed by atoms with E-state index in [9.17, 15) is 4.79 Å². The fourth-order valence-corrected chi connectivity index (χ4v) is 5.71. The van der Waals surface area contributed by atoms with E-state index in [1.54, 1.807) is 21.3 Å². The maximum atomic E-state index is 13.2. The first-order valence-corrected chi connectivity index (χ1v) is 12.5. The minimum Gasteiger partial charge on any atom is -0.493 e. The molecule has 1 saturated heterocycles. The van der Waals surface area contributed by atoms with Gasteiger partial charge >= 0.3 is 0 Å². The number of piperidine rings is 1. The van der Waals surface area contributed by atoms with E-state index >= 15 is 0 Å². The van der Waals surface area contributed by atoms with Gasteiger partial charge in [0.05, 0.1) is 38.2 Å². The lowest BCUT2D eigenvalue weighted by Crippen LogP contribution is -2.51. The molecule has 0 radical (unpaired) electrons. The first kappa shape index (κ1) is 24.1. The fourth-order valence-electron chi connectivity index (χ4n) is 5.71. The molecule has 3 aromatic rings. The number of anilines is 1. The third-order valence-corrected chi connectivity index (χ3v) is 7.88. The number of nitrogens with zero attached hydrogens (tertiary/aromatic N) is 2. The summed E-state index contributed by atoms with van der Waals surface area (Å²) in [6.45, 7) is 5.80. The molecular formula is C29H35N3O4. The Morgan fingerprint density at radius 3 is 2.33 bits per heavy atom. The van der Waals surface area contributed by atoms with Gasteiger partial charge in [0.1, 0.15) is 0 Å². The number of likely N-dealkylation sites (tertiary alicyclic amines) is 1. The zero-order valence-electron chi connectivity index (χ0n) is 21.8. The lowest BCUT2D eigenvalue weighted by atomic mass is 9.81. The molecule has 7 nitrogen and oxygen atoms in total. The molecular weight excluding hydrogens is 454 g/mol. The fraction of sp³-hybridized carbons (Fsp3) is 0.414. The van der Waals surface area contributed by atoms with Gasteiger partial charge in [0.25, 0.3) is 0 Å². The van der Waals surface area contributed by atoms with Crippen molar-refractivity contribution in [2.45, 2.75) is 45.1 Å². The molecule has 0 bridgehead atoms. The zero-order chi connectivity index (χ0) is 25.4. The van der Waals surface area contributed by atoms with E-state index in [0.717, 1.165) is 31.5 Å². The van der Waals surface area contributed by atoms with Gasteiger partial charge in [0.2, 0.25) is 11.7 Å². The number of fused-ring (bicyclic) bond motifs is 4. The molecule has 2 aliphatic rings. The summed E-state index contributed by atoms with van der Waals surface area (Å²) in [6, 6.07) is 12.6. The number of hydrogen-bond donors (Lipinski definition) is 1. The van der Waals surface area contributed by atoms with Crippen molar-refractivity contribution in [1.29, 1.82) is 0 Å². The monoisotopic (exact) mass is 489 g/mol. The molecule has 1 N–H and O–H groups in total. The number of carbonyl (C=O) groups excluding carboxylic acids is 1. The summed E-state index contributed by atoms with van der Waals surface area (Å²) in [7, 11) is 4.80. The summed E-state index contributed by atoms with van der Waals surface area (Å²) >= 11 is 0. The average molecular weight is 490 g/mol. The second kappa shape index (κ2) is 9.45. The lowest BCUT2D eigenvalue weighted by molar-refractivity contribution is -0.132. The number of ether oxygens (including phenoxy) is 3. The van der Waals surface area contributed by atoms with Crippen molar-refractivity contribution in [2.24, 2.45) is 0 Å². The normalized spacial score (nSPS) is 15.6. The average Bonchev–Trinajstić information content (AvgIpc) is 3.40. The number of aryl methyl sites for hydroxylation is 2. The van der Waals surface area contributed by atoms with Gasteiger partial charge in [-0.15, -0.1) is 0 Å². The van der Waals surface area contributed by atoms with Gasteiger partial charge in [-0.25, -0.2) is 0 Å². The molecule has 7 heteroatoms. The van der Waals surface area contributed by atoms with Crippen molar-refractivity contribution in [3.05, 3.63) is 65.0 Å². The van der Waals surface area contributed by atoms with Crippen LogP contribution in [0.2, 0.25) is 0 Å². The Hall–Kier alpha value is -3.61. The van der Waals surface area contributed by atoms with Crippen LogP contribution in [-0.4, -0.2) is 49.8 Å². The van der Waals surface area contributed by atoms with E-state index in [0.29, 0.717) is 30.1 Å². The molecule has 2 aliphatic heterocycles. The Labute approximate surface area is 213 Å². The number of hydrogen-bond acceptors (Lipinski definition) is 5. The highest BCUT2D eigenvalue weighted by molar-refractivity contribution is 5.77. The number of benzene rings is 2. The zero-order valence-corrected chi connectivity index (χ0v) is 21.8. The number of nitrogens with one attached hydrogen (secondary N) is 1. The highest BCUT2D eigenvalue weighted by Crippen LogP contribution is 2.45. The first-order chi connectivity index (χ1) is 17.4. The van der Waals surface area contributed by atoms with Crippen LogP contribution in [0.1, 0.15) is 41.6 Å². The van der Waals surface area contributed by atoms with Crippen LogP contribution in [0.15, 0.2) is 42.6 Å². The topological polar surface area (TPSA) is 65.0 Å². The third kappa shape index (κ3) is 3.96. The van der Waals surface area contributed by atoms with Crippen LogP contribution >= 0.6 is 0 Å². The van der Waals surface area contributed by atoms with Crippen molar-refractivity contribution >= 4 is 11.6 Å². The Bertz CT molecular complexity index is 1260.